The SMILES string of the molecule is NCC1CC(=O)NC(c2ccc(O)cc2)C1. The number of rotatable bonds is 2. The lowest BCUT2D eigenvalue weighted by Crippen LogP contribution is -2.38. The van der Waals surface area contributed by atoms with Crippen molar-refractivity contribution in [2.45, 2.75) is 18.9 Å². The second-order valence-corrected chi connectivity index (χ2v) is 4.25. The summed E-state index contributed by atoms with van der Waals surface area (Å²) in [5, 5.41) is 12.1. The highest BCUT2D eigenvalue weighted by Gasteiger charge is 2.26. The molecule has 0 radical (unpaired) electrons. The number of piperidine rings is 1. The Bertz CT molecular complexity index is 375. The molecule has 0 bridgehead atoms. The summed E-state index contributed by atoms with van der Waals surface area (Å²) in [6.45, 7) is 0.544. The predicted octanol–water partition coefficient (Wildman–Crippen LogP) is 0.918. The molecule has 4 nitrogen and oxygen atoms in total. The second kappa shape index (κ2) is 4.53. The molecule has 1 aromatic rings. The van der Waals surface area contributed by atoms with Crippen LogP contribution in [0.1, 0.15) is 24.4 Å². The fraction of sp³-hybridized carbons (Fsp3) is 0.417. The molecule has 1 fully saturated rings. The van der Waals surface area contributed by atoms with Crippen LogP contribution in [-0.2, 0) is 4.79 Å². The van der Waals surface area contributed by atoms with Crippen LogP contribution in [0.25, 0.3) is 0 Å². The second-order valence-electron chi connectivity index (χ2n) is 4.25. The van der Waals surface area contributed by atoms with Crippen LogP contribution in [0.3, 0.4) is 0 Å². The number of amides is 1. The number of benzene rings is 1. The Labute approximate surface area is 94.5 Å². The first-order valence-electron chi connectivity index (χ1n) is 5.47. The fourth-order valence-electron chi connectivity index (χ4n) is 2.10. The maximum Gasteiger partial charge on any atom is 0.220 e. The van der Waals surface area contributed by atoms with Crippen LogP contribution in [0.2, 0.25) is 0 Å². The minimum Gasteiger partial charge on any atom is -0.508 e. The molecule has 1 amide bonds. The molecule has 0 aromatic heterocycles. The highest BCUT2D eigenvalue weighted by molar-refractivity contribution is 5.77. The van der Waals surface area contributed by atoms with Gasteiger partial charge in [-0.3, -0.25) is 4.79 Å². The number of nitrogens with two attached hydrogens (primary N) is 1. The molecule has 2 unspecified atom stereocenters. The van der Waals surface area contributed by atoms with Crippen LogP contribution in [0.5, 0.6) is 5.75 Å². The average molecular weight is 220 g/mol. The molecule has 2 atom stereocenters. The summed E-state index contributed by atoms with van der Waals surface area (Å²) in [7, 11) is 0. The first-order valence-corrected chi connectivity index (χ1v) is 5.47. The van der Waals surface area contributed by atoms with Gasteiger partial charge in [-0.2, -0.15) is 0 Å². The molecule has 4 heteroatoms. The maximum atomic E-state index is 11.5. The van der Waals surface area contributed by atoms with Crippen molar-refractivity contribution in [2.75, 3.05) is 6.54 Å². The Hall–Kier alpha value is -1.55. The van der Waals surface area contributed by atoms with Crippen molar-refractivity contribution in [3.05, 3.63) is 29.8 Å². The Morgan fingerprint density at radius 3 is 2.69 bits per heavy atom. The zero-order chi connectivity index (χ0) is 11.5. The lowest BCUT2D eigenvalue weighted by molar-refractivity contribution is -0.124. The van der Waals surface area contributed by atoms with Gasteiger partial charge in [0.05, 0.1) is 6.04 Å². The van der Waals surface area contributed by atoms with Crippen molar-refractivity contribution >= 4 is 5.91 Å². The summed E-state index contributed by atoms with van der Waals surface area (Å²) in [5.41, 5.74) is 6.63. The zero-order valence-corrected chi connectivity index (χ0v) is 9.02. The Balaban J connectivity index is 2.14. The number of hydrogen-bond acceptors (Lipinski definition) is 3. The van der Waals surface area contributed by atoms with Gasteiger partial charge in [-0.1, -0.05) is 12.1 Å². The number of hydrogen-bond donors (Lipinski definition) is 3. The van der Waals surface area contributed by atoms with Gasteiger partial charge in [-0.05, 0) is 36.6 Å². The van der Waals surface area contributed by atoms with Crippen molar-refractivity contribution in [1.82, 2.24) is 5.32 Å². The third-order valence-electron chi connectivity index (χ3n) is 3.01. The highest BCUT2D eigenvalue weighted by atomic mass is 16.3. The van der Waals surface area contributed by atoms with E-state index < -0.39 is 0 Å². The number of nitrogens with one attached hydrogen (secondary N) is 1. The van der Waals surface area contributed by atoms with Gasteiger partial charge >= 0.3 is 0 Å². The summed E-state index contributed by atoms with van der Waals surface area (Å²) in [5.74, 6) is 0.550. The third-order valence-corrected chi connectivity index (χ3v) is 3.01. The standard InChI is InChI=1S/C12H16N2O2/c13-7-8-5-11(14-12(16)6-8)9-1-3-10(15)4-2-9/h1-4,8,11,15H,5-7,13H2,(H,14,16). The van der Waals surface area contributed by atoms with E-state index in [0.29, 0.717) is 13.0 Å². The molecule has 2 rings (SSSR count). The van der Waals surface area contributed by atoms with Gasteiger partial charge in [0, 0.05) is 6.42 Å². The lowest BCUT2D eigenvalue weighted by Gasteiger charge is -2.29. The predicted molar refractivity (Wildman–Crippen MR) is 60.8 cm³/mol. The summed E-state index contributed by atoms with van der Waals surface area (Å²) in [4.78, 5) is 11.5. The van der Waals surface area contributed by atoms with E-state index in [-0.39, 0.29) is 23.6 Å². The quantitative estimate of drug-likeness (QED) is 0.693. The number of phenolic OH excluding ortho intramolecular Hbond substituents is 1. The molecule has 1 aromatic carbocycles. The fourth-order valence-corrected chi connectivity index (χ4v) is 2.10. The Morgan fingerprint density at radius 2 is 2.06 bits per heavy atom. The largest absolute Gasteiger partial charge is 0.508 e. The third kappa shape index (κ3) is 2.33. The van der Waals surface area contributed by atoms with Crippen LogP contribution >= 0.6 is 0 Å². The van der Waals surface area contributed by atoms with Crippen LogP contribution in [-0.4, -0.2) is 17.6 Å². The summed E-state index contributed by atoms with van der Waals surface area (Å²) >= 11 is 0. The zero-order valence-electron chi connectivity index (χ0n) is 9.02. The number of aromatic hydroxyl groups is 1. The topological polar surface area (TPSA) is 75.4 Å². The molecule has 4 N–H and O–H groups in total. The number of phenols is 1. The number of carbonyl (C=O) groups is 1. The van der Waals surface area contributed by atoms with E-state index in [4.69, 9.17) is 5.73 Å². The van der Waals surface area contributed by atoms with Crippen LogP contribution in [0.15, 0.2) is 24.3 Å². The first-order chi connectivity index (χ1) is 7.69. The van der Waals surface area contributed by atoms with E-state index in [9.17, 15) is 9.90 Å². The smallest absolute Gasteiger partial charge is 0.220 e. The monoisotopic (exact) mass is 220 g/mol. The molecule has 1 aliphatic heterocycles. The van der Waals surface area contributed by atoms with Crippen LogP contribution in [0.4, 0.5) is 0 Å². The van der Waals surface area contributed by atoms with Gasteiger partial charge in [0.2, 0.25) is 5.91 Å². The normalized spacial score (nSPS) is 25.2. The van der Waals surface area contributed by atoms with Gasteiger partial charge in [-0.15, -0.1) is 0 Å². The summed E-state index contributed by atoms with van der Waals surface area (Å²) < 4.78 is 0. The van der Waals surface area contributed by atoms with E-state index in [1.165, 1.54) is 0 Å². The van der Waals surface area contributed by atoms with Crippen molar-refractivity contribution in [1.29, 1.82) is 0 Å². The van der Waals surface area contributed by atoms with Crippen molar-refractivity contribution < 1.29 is 9.90 Å². The van der Waals surface area contributed by atoms with E-state index in [2.05, 4.69) is 5.32 Å². The van der Waals surface area contributed by atoms with E-state index in [0.717, 1.165) is 12.0 Å². The van der Waals surface area contributed by atoms with Gasteiger partial charge in [0.25, 0.3) is 0 Å². The Morgan fingerprint density at radius 1 is 1.38 bits per heavy atom. The molecule has 0 spiro atoms. The minimum absolute atomic E-state index is 0.0235. The van der Waals surface area contributed by atoms with E-state index in [1.54, 1.807) is 12.1 Å². The van der Waals surface area contributed by atoms with Crippen molar-refractivity contribution in [3.8, 4) is 5.75 Å². The highest BCUT2D eigenvalue weighted by Crippen LogP contribution is 2.28. The lowest BCUT2D eigenvalue weighted by atomic mass is 9.88. The molecule has 1 saturated heterocycles. The average Bonchev–Trinajstić information content (AvgIpc) is 2.29. The minimum atomic E-state index is 0.0235. The van der Waals surface area contributed by atoms with Gasteiger partial charge in [0.1, 0.15) is 5.75 Å². The van der Waals surface area contributed by atoms with E-state index >= 15 is 0 Å². The van der Waals surface area contributed by atoms with Crippen molar-refractivity contribution in [2.24, 2.45) is 11.7 Å². The maximum absolute atomic E-state index is 11.5. The number of carbonyl (C=O) groups excluding carboxylic acids is 1. The molecule has 86 valence electrons. The van der Waals surface area contributed by atoms with Gasteiger partial charge in [0.15, 0.2) is 0 Å². The Kier molecular flexibility index (Phi) is 3.10. The molecule has 0 saturated carbocycles. The molecule has 1 aliphatic rings. The molecular weight excluding hydrogens is 204 g/mol. The molecule has 16 heavy (non-hydrogen) atoms. The molecular formula is C12H16N2O2. The molecule has 1 heterocycles. The van der Waals surface area contributed by atoms with E-state index in [1.807, 2.05) is 12.1 Å². The van der Waals surface area contributed by atoms with Gasteiger partial charge < -0.3 is 16.2 Å². The molecule has 0 aliphatic carbocycles. The van der Waals surface area contributed by atoms with Crippen LogP contribution < -0.4 is 11.1 Å². The van der Waals surface area contributed by atoms with Crippen LogP contribution in [0, 0.1) is 5.92 Å². The summed E-state index contributed by atoms with van der Waals surface area (Å²) in [6.07, 6.45) is 1.39. The van der Waals surface area contributed by atoms with Gasteiger partial charge in [-0.25, -0.2) is 0 Å². The summed E-state index contributed by atoms with van der Waals surface area (Å²) in [6, 6.07) is 6.95. The first kappa shape index (κ1) is 11.0. The van der Waals surface area contributed by atoms with Crippen molar-refractivity contribution in [3.63, 3.8) is 0 Å².